The van der Waals surface area contributed by atoms with Gasteiger partial charge in [0.2, 0.25) is 0 Å². The van der Waals surface area contributed by atoms with E-state index in [0.29, 0.717) is 6.61 Å². The van der Waals surface area contributed by atoms with Crippen LogP contribution in [0.15, 0.2) is 66.7 Å². The molecule has 3 aromatic carbocycles. The molecule has 29 heavy (non-hydrogen) atoms. The van der Waals surface area contributed by atoms with Crippen LogP contribution in [-0.2, 0) is 17.7 Å². The maximum absolute atomic E-state index is 5.48. The Bertz CT molecular complexity index is 918. The van der Waals surface area contributed by atoms with Gasteiger partial charge in [0, 0.05) is 13.7 Å². The van der Waals surface area contributed by atoms with E-state index < -0.39 is 0 Å². The van der Waals surface area contributed by atoms with Gasteiger partial charge in [0.25, 0.3) is 0 Å². The predicted octanol–water partition coefficient (Wildman–Crippen LogP) is 5.89. The molecule has 0 amide bonds. The SMILES string of the molecule is COC[C@H](Cc1ccc(C)cc1)Nc1ccccc1NCc1ccc(C)c(C)c1. The topological polar surface area (TPSA) is 33.3 Å². The number of ether oxygens (including phenoxy) is 1. The van der Waals surface area contributed by atoms with Crippen molar-refractivity contribution < 1.29 is 4.74 Å². The highest BCUT2D eigenvalue weighted by molar-refractivity contribution is 5.69. The van der Waals surface area contributed by atoms with Gasteiger partial charge in [-0.25, -0.2) is 0 Å². The van der Waals surface area contributed by atoms with Gasteiger partial charge in [-0.2, -0.15) is 0 Å². The van der Waals surface area contributed by atoms with Crippen molar-refractivity contribution in [1.82, 2.24) is 0 Å². The lowest BCUT2D eigenvalue weighted by atomic mass is 10.0. The van der Waals surface area contributed by atoms with E-state index in [1.54, 1.807) is 7.11 Å². The quantitative estimate of drug-likeness (QED) is 0.479. The van der Waals surface area contributed by atoms with Crippen LogP contribution in [0.2, 0.25) is 0 Å². The third-order valence-corrected chi connectivity index (χ3v) is 5.31. The second-order valence-corrected chi connectivity index (χ2v) is 7.80. The van der Waals surface area contributed by atoms with Crippen molar-refractivity contribution >= 4 is 11.4 Å². The molecular formula is C26H32N2O. The number of methoxy groups -OCH3 is 1. The number of hydrogen-bond acceptors (Lipinski definition) is 3. The Balaban J connectivity index is 1.70. The second-order valence-electron chi connectivity index (χ2n) is 7.80. The Morgan fingerprint density at radius 3 is 2.17 bits per heavy atom. The number of para-hydroxylation sites is 2. The smallest absolute Gasteiger partial charge is 0.0667 e. The molecule has 3 rings (SSSR count). The molecule has 0 aliphatic heterocycles. The van der Waals surface area contributed by atoms with Gasteiger partial charge < -0.3 is 15.4 Å². The molecule has 3 aromatic rings. The summed E-state index contributed by atoms with van der Waals surface area (Å²) in [6.45, 7) is 7.88. The van der Waals surface area contributed by atoms with Crippen LogP contribution >= 0.6 is 0 Å². The molecule has 0 aromatic heterocycles. The maximum Gasteiger partial charge on any atom is 0.0667 e. The van der Waals surface area contributed by atoms with E-state index in [0.717, 1.165) is 24.3 Å². The van der Waals surface area contributed by atoms with Crippen LogP contribution in [0.1, 0.15) is 27.8 Å². The zero-order chi connectivity index (χ0) is 20.6. The molecule has 0 unspecified atom stereocenters. The van der Waals surface area contributed by atoms with Gasteiger partial charge in [-0.05, 0) is 61.6 Å². The fourth-order valence-electron chi connectivity index (χ4n) is 3.46. The first-order chi connectivity index (χ1) is 14.0. The largest absolute Gasteiger partial charge is 0.383 e. The van der Waals surface area contributed by atoms with Crippen molar-refractivity contribution in [2.24, 2.45) is 0 Å². The molecule has 0 fully saturated rings. The van der Waals surface area contributed by atoms with Gasteiger partial charge in [0.15, 0.2) is 0 Å². The highest BCUT2D eigenvalue weighted by atomic mass is 16.5. The van der Waals surface area contributed by atoms with Crippen LogP contribution in [0.4, 0.5) is 11.4 Å². The van der Waals surface area contributed by atoms with Crippen molar-refractivity contribution in [3.63, 3.8) is 0 Å². The Morgan fingerprint density at radius 1 is 0.793 bits per heavy atom. The number of rotatable bonds is 9. The van der Waals surface area contributed by atoms with E-state index in [1.807, 2.05) is 0 Å². The zero-order valence-corrected chi connectivity index (χ0v) is 18.0. The van der Waals surface area contributed by atoms with Crippen molar-refractivity contribution in [3.8, 4) is 0 Å². The van der Waals surface area contributed by atoms with Crippen molar-refractivity contribution in [1.29, 1.82) is 0 Å². The van der Waals surface area contributed by atoms with Crippen LogP contribution < -0.4 is 10.6 Å². The van der Waals surface area contributed by atoms with E-state index in [1.165, 1.54) is 27.8 Å². The van der Waals surface area contributed by atoms with E-state index in [-0.39, 0.29) is 6.04 Å². The average Bonchev–Trinajstić information content (AvgIpc) is 2.72. The molecular weight excluding hydrogens is 356 g/mol. The fourth-order valence-corrected chi connectivity index (χ4v) is 3.46. The van der Waals surface area contributed by atoms with Gasteiger partial charge in [-0.15, -0.1) is 0 Å². The van der Waals surface area contributed by atoms with E-state index in [2.05, 4.69) is 98.1 Å². The highest BCUT2D eigenvalue weighted by Gasteiger charge is 2.12. The molecule has 3 heteroatoms. The minimum absolute atomic E-state index is 0.201. The van der Waals surface area contributed by atoms with Gasteiger partial charge in [0.1, 0.15) is 0 Å². The summed E-state index contributed by atoms with van der Waals surface area (Å²) < 4.78 is 5.48. The lowest BCUT2D eigenvalue weighted by Crippen LogP contribution is -2.28. The molecule has 2 N–H and O–H groups in total. The summed E-state index contributed by atoms with van der Waals surface area (Å²) in [7, 11) is 1.76. The second kappa shape index (κ2) is 10.1. The lowest BCUT2D eigenvalue weighted by Gasteiger charge is -2.22. The number of anilines is 2. The first-order valence-electron chi connectivity index (χ1n) is 10.2. The Labute approximate surface area is 175 Å². The summed E-state index contributed by atoms with van der Waals surface area (Å²) in [5.41, 5.74) is 8.75. The highest BCUT2D eigenvalue weighted by Crippen LogP contribution is 2.24. The lowest BCUT2D eigenvalue weighted by molar-refractivity contribution is 0.185. The minimum Gasteiger partial charge on any atom is -0.383 e. The van der Waals surface area contributed by atoms with Gasteiger partial charge in [-0.1, -0.05) is 60.2 Å². The van der Waals surface area contributed by atoms with Crippen LogP contribution in [0.5, 0.6) is 0 Å². The number of hydrogen-bond donors (Lipinski definition) is 2. The first kappa shape index (κ1) is 20.9. The van der Waals surface area contributed by atoms with Crippen LogP contribution in [0, 0.1) is 20.8 Å². The minimum atomic E-state index is 0.201. The molecule has 0 spiro atoms. The van der Waals surface area contributed by atoms with Crippen molar-refractivity contribution in [2.45, 2.75) is 39.8 Å². The molecule has 0 saturated carbocycles. The molecule has 0 heterocycles. The van der Waals surface area contributed by atoms with E-state index in [9.17, 15) is 0 Å². The number of aryl methyl sites for hydroxylation is 3. The molecule has 0 saturated heterocycles. The zero-order valence-electron chi connectivity index (χ0n) is 18.0. The molecule has 152 valence electrons. The number of nitrogens with one attached hydrogen (secondary N) is 2. The fraction of sp³-hybridized carbons (Fsp3) is 0.308. The normalized spacial score (nSPS) is 11.9. The van der Waals surface area contributed by atoms with Crippen LogP contribution in [-0.4, -0.2) is 19.8 Å². The van der Waals surface area contributed by atoms with E-state index >= 15 is 0 Å². The van der Waals surface area contributed by atoms with E-state index in [4.69, 9.17) is 4.74 Å². The van der Waals surface area contributed by atoms with Crippen molar-refractivity contribution in [3.05, 3.63) is 94.5 Å². The third kappa shape index (κ3) is 6.10. The molecule has 3 nitrogen and oxygen atoms in total. The van der Waals surface area contributed by atoms with Crippen LogP contribution in [0.25, 0.3) is 0 Å². The van der Waals surface area contributed by atoms with Gasteiger partial charge in [0.05, 0.1) is 24.0 Å². The maximum atomic E-state index is 5.48. The summed E-state index contributed by atoms with van der Waals surface area (Å²) in [6.07, 6.45) is 0.916. The molecule has 0 radical (unpaired) electrons. The molecule has 1 atom stereocenters. The molecule has 0 aliphatic carbocycles. The predicted molar refractivity (Wildman–Crippen MR) is 124 cm³/mol. The molecule has 0 aliphatic rings. The summed E-state index contributed by atoms with van der Waals surface area (Å²) in [4.78, 5) is 0. The Hall–Kier alpha value is -2.78. The summed E-state index contributed by atoms with van der Waals surface area (Å²) in [5, 5.41) is 7.27. The third-order valence-electron chi connectivity index (χ3n) is 5.31. The Kier molecular flexibility index (Phi) is 7.31. The number of benzene rings is 3. The standard InChI is InChI=1S/C26H32N2O/c1-19-9-12-22(13-10-19)16-24(18-29-4)28-26-8-6-5-7-25(26)27-17-23-14-11-20(2)21(3)15-23/h5-15,24,27-28H,16-18H2,1-4H3/t24-/m0/s1. The van der Waals surface area contributed by atoms with Gasteiger partial charge >= 0.3 is 0 Å². The summed E-state index contributed by atoms with van der Waals surface area (Å²) in [6, 6.07) is 23.9. The monoisotopic (exact) mass is 388 g/mol. The molecule has 0 bridgehead atoms. The summed E-state index contributed by atoms with van der Waals surface area (Å²) >= 11 is 0. The first-order valence-corrected chi connectivity index (χ1v) is 10.2. The average molecular weight is 389 g/mol. The van der Waals surface area contributed by atoms with Crippen LogP contribution in [0.3, 0.4) is 0 Å². The summed E-state index contributed by atoms with van der Waals surface area (Å²) in [5.74, 6) is 0. The van der Waals surface area contributed by atoms with Gasteiger partial charge in [-0.3, -0.25) is 0 Å². The van der Waals surface area contributed by atoms with Crippen molar-refractivity contribution in [2.75, 3.05) is 24.4 Å². The Morgan fingerprint density at radius 2 is 1.48 bits per heavy atom.